The van der Waals surface area contributed by atoms with Crippen LogP contribution < -0.4 is 19.7 Å². The Labute approximate surface area is 171 Å². The first-order valence-corrected chi connectivity index (χ1v) is 9.79. The van der Waals surface area contributed by atoms with Crippen LogP contribution in [0.4, 0.5) is 5.69 Å². The molecule has 29 heavy (non-hydrogen) atoms. The molecule has 1 heterocycles. The summed E-state index contributed by atoms with van der Waals surface area (Å²) >= 11 is 0. The van der Waals surface area contributed by atoms with E-state index in [1.807, 2.05) is 44.2 Å². The Kier molecular flexibility index (Phi) is 6.42. The zero-order valence-corrected chi connectivity index (χ0v) is 17.5. The molecule has 0 radical (unpaired) electrons. The molecule has 2 aromatic carbocycles. The highest BCUT2D eigenvalue weighted by Gasteiger charge is 2.36. The lowest BCUT2D eigenvalue weighted by molar-refractivity contribution is -0.126. The van der Waals surface area contributed by atoms with E-state index >= 15 is 0 Å². The number of carbonyl (C=O) groups is 2. The van der Waals surface area contributed by atoms with Gasteiger partial charge in [0.15, 0.2) is 0 Å². The van der Waals surface area contributed by atoms with Gasteiger partial charge in [-0.1, -0.05) is 23.8 Å². The molecule has 1 fully saturated rings. The maximum absolute atomic E-state index is 12.6. The van der Waals surface area contributed by atoms with Gasteiger partial charge in [0.05, 0.1) is 25.8 Å². The fraction of sp³-hybridized carbons (Fsp3) is 0.391. The molecule has 0 spiro atoms. The van der Waals surface area contributed by atoms with E-state index in [1.165, 1.54) is 0 Å². The number of ether oxygens (including phenoxy) is 2. The normalized spacial score (nSPS) is 16.1. The van der Waals surface area contributed by atoms with E-state index in [1.54, 1.807) is 19.1 Å². The molecule has 1 atom stereocenters. The van der Waals surface area contributed by atoms with Gasteiger partial charge in [-0.3, -0.25) is 9.59 Å². The van der Waals surface area contributed by atoms with Crippen LogP contribution >= 0.6 is 0 Å². The van der Waals surface area contributed by atoms with Crippen LogP contribution in [0.3, 0.4) is 0 Å². The van der Waals surface area contributed by atoms with Crippen molar-refractivity contribution in [2.45, 2.75) is 26.7 Å². The van der Waals surface area contributed by atoms with Gasteiger partial charge in [-0.25, -0.2) is 0 Å². The van der Waals surface area contributed by atoms with Crippen LogP contribution in [0.25, 0.3) is 0 Å². The Morgan fingerprint density at radius 2 is 1.72 bits per heavy atom. The third kappa shape index (κ3) is 4.70. The molecule has 3 rings (SSSR count). The van der Waals surface area contributed by atoms with Crippen molar-refractivity contribution in [2.75, 3.05) is 32.2 Å². The smallest absolute Gasteiger partial charge is 0.227 e. The number of hydrogen-bond donors (Lipinski definition) is 1. The maximum Gasteiger partial charge on any atom is 0.227 e. The highest BCUT2D eigenvalue weighted by molar-refractivity contribution is 6.01. The summed E-state index contributed by atoms with van der Waals surface area (Å²) in [5, 5.41) is 2.97. The topological polar surface area (TPSA) is 67.9 Å². The lowest BCUT2D eigenvalue weighted by Gasteiger charge is -2.20. The van der Waals surface area contributed by atoms with Gasteiger partial charge in [0.25, 0.3) is 0 Å². The number of nitrogens with zero attached hydrogens (tertiary/aromatic N) is 1. The Bertz CT molecular complexity index is 910. The highest BCUT2D eigenvalue weighted by atomic mass is 16.5. The predicted octanol–water partition coefficient (Wildman–Crippen LogP) is 3.03. The Morgan fingerprint density at radius 3 is 2.41 bits per heavy atom. The van der Waals surface area contributed by atoms with Crippen LogP contribution in [-0.4, -0.2) is 39.1 Å². The molecule has 0 aliphatic carbocycles. The number of benzene rings is 2. The van der Waals surface area contributed by atoms with E-state index in [4.69, 9.17) is 9.47 Å². The van der Waals surface area contributed by atoms with Gasteiger partial charge in [0.2, 0.25) is 11.8 Å². The van der Waals surface area contributed by atoms with Crippen molar-refractivity contribution >= 4 is 17.5 Å². The summed E-state index contributed by atoms with van der Waals surface area (Å²) in [5.41, 5.74) is 3.96. The SMILES string of the molecule is COc1ccc(C)cc1CCNC(=O)C1CC(=O)N(c2cc(C)ccc2OC)C1. The third-order valence-electron chi connectivity index (χ3n) is 5.25. The van der Waals surface area contributed by atoms with Crippen molar-refractivity contribution in [1.82, 2.24) is 5.32 Å². The summed E-state index contributed by atoms with van der Waals surface area (Å²) in [6.45, 7) is 4.85. The monoisotopic (exact) mass is 396 g/mol. The lowest BCUT2D eigenvalue weighted by Crippen LogP contribution is -2.34. The van der Waals surface area contributed by atoms with Gasteiger partial charge in [-0.2, -0.15) is 0 Å². The number of methoxy groups -OCH3 is 2. The molecule has 1 aliphatic heterocycles. The van der Waals surface area contributed by atoms with E-state index in [0.717, 1.165) is 28.1 Å². The van der Waals surface area contributed by atoms with Crippen LogP contribution in [0.5, 0.6) is 11.5 Å². The summed E-state index contributed by atoms with van der Waals surface area (Å²) < 4.78 is 10.8. The summed E-state index contributed by atoms with van der Waals surface area (Å²) in [6.07, 6.45) is 0.878. The van der Waals surface area contributed by atoms with E-state index < -0.39 is 0 Å². The fourth-order valence-corrected chi connectivity index (χ4v) is 3.69. The molecule has 154 valence electrons. The number of hydrogen-bond acceptors (Lipinski definition) is 4. The molecular formula is C23H28N2O4. The second-order valence-electron chi connectivity index (χ2n) is 7.44. The standard InChI is InChI=1S/C23H28N2O4/c1-15-5-7-20(28-3)17(11-15)9-10-24-23(27)18-13-22(26)25(14-18)19-12-16(2)6-8-21(19)29-4/h5-8,11-12,18H,9-10,13-14H2,1-4H3,(H,24,27). The summed E-state index contributed by atoms with van der Waals surface area (Å²) in [4.78, 5) is 26.9. The van der Waals surface area contributed by atoms with Crippen molar-refractivity contribution in [1.29, 1.82) is 0 Å². The highest BCUT2D eigenvalue weighted by Crippen LogP contribution is 2.34. The molecule has 0 aromatic heterocycles. The second-order valence-corrected chi connectivity index (χ2v) is 7.44. The van der Waals surface area contributed by atoms with Gasteiger partial charge in [0.1, 0.15) is 11.5 Å². The van der Waals surface area contributed by atoms with Gasteiger partial charge in [-0.15, -0.1) is 0 Å². The molecule has 6 nitrogen and oxygen atoms in total. The molecule has 1 saturated heterocycles. The predicted molar refractivity (Wildman–Crippen MR) is 113 cm³/mol. The van der Waals surface area contributed by atoms with E-state index in [-0.39, 0.29) is 24.2 Å². The summed E-state index contributed by atoms with van der Waals surface area (Å²) in [6, 6.07) is 11.7. The Balaban J connectivity index is 1.61. The zero-order valence-electron chi connectivity index (χ0n) is 17.5. The first kappa shape index (κ1) is 20.7. The van der Waals surface area contributed by atoms with Crippen LogP contribution in [0.2, 0.25) is 0 Å². The second kappa shape index (κ2) is 8.99. The average Bonchev–Trinajstić information content (AvgIpc) is 3.09. The molecule has 0 saturated carbocycles. The number of anilines is 1. The van der Waals surface area contributed by atoms with Crippen LogP contribution in [0.1, 0.15) is 23.1 Å². The number of carbonyl (C=O) groups excluding carboxylic acids is 2. The fourth-order valence-electron chi connectivity index (χ4n) is 3.69. The number of aryl methyl sites for hydroxylation is 2. The molecule has 2 amide bonds. The Hall–Kier alpha value is -3.02. The first-order chi connectivity index (χ1) is 13.9. The molecular weight excluding hydrogens is 368 g/mol. The van der Waals surface area contributed by atoms with Gasteiger partial charge < -0.3 is 19.7 Å². The van der Waals surface area contributed by atoms with E-state index in [2.05, 4.69) is 11.4 Å². The molecule has 1 N–H and O–H groups in total. The summed E-state index contributed by atoms with van der Waals surface area (Å²) in [7, 11) is 3.23. The number of nitrogens with one attached hydrogen (secondary N) is 1. The molecule has 2 aromatic rings. The quantitative estimate of drug-likeness (QED) is 0.781. The number of rotatable bonds is 7. The first-order valence-electron chi connectivity index (χ1n) is 9.79. The largest absolute Gasteiger partial charge is 0.496 e. The van der Waals surface area contributed by atoms with Crippen molar-refractivity contribution < 1.29 is 19.1 Å². The molecule has 6 heteroatoms. The Morgan fingerprint density at radius 1 is 1.07 bits per heavy atom. The zero-order chi connectivity index (χ0) is 21.0. The lowest BCUT2D eigenvalue weighted by atomic mass is 10.1. The minimum atomic E-state index is -0.368. The maximum atomic E-state index is 12.6. The van der Waals surface area contributed by atoms with Crippen molar-refractivity contribution in [3.05, 3.63) is 53.1 Å². The van der Waals surface area contributed by atoms with Crippen molar-refractivity contribution in [2.24, 2.45) is 5.92 Å². The van der Waals surface area contributed by atoms with Gasteiger partial charge in [-0.05, 0) is 49.6 Å². The van der Waals surface area contributed by atoms with Crippen molar-refractivity contribution in [3.8, 4) is 11.5 Å². The van der Waals surface area contributed by atoms with Crippen LogP contribution in [0.15, 0.2) is 36.4 Å². The van der Waals surface area contributed by atoms with Crippen molar-refractivity contribution in [3.63, 3.8) is 0 Å². The van der Waals surface area contributed by atoms with Gasteiger partial charge >= 0.3 is 0 Å². The average molecular weight is 396 g/mol. The van der Waals surface area contributed by atoms with Crippen LogP contribution in [0, 0.1) is 19.8 Å². The van der Waals surface area contributed by atoms with E-state index in [0.29, 0.717) is 25.3 Å². The third-order valence-corrected chi connectivity index (χ3v) is 5.25. The van der Waals surface area contributed by atoms with E-state index in [9.17, 15) is 9.59 Å². The molecule has 0 bridgehead atoms. The van der Waals surface area contributed by atoms with Crippen LogP contribution in [-0.2, 0) is 16.0 Å². The molecule has 1 unspecified atom stereocenters. The number of amides is 2. The minimum absolute atomic E-state index is 0.0607. The minimum Gasteiger partial charge on any atom is -0.496 e. The molecule has 1 aliphatic rings. The summed E-state index contributed by atoms with van der Waals surface area (Å²) in [5.74, 6) is 0.927. The van der Waals surface area contributed by atoms with Gasteiger partial charge in [0, 0.05) is 19.5 Å².